The van der Waals surface area contributed by atoms with Crippen LogP contribution in [-0.2, 0) is 4.57 Å². The number of hydrogen-bond acceptors (Lipinski definition) is 2. The zero-order valence-electron chi connectivity index (χ0n) is 5.98. The maximum absolute atomic E-state index is 8.88. The predicted octanol–water partition coefficient (Wildman–Crippen LogP) is 1.08. The van der Waals surface area contributed by atoms with Crippen molar-refractivity contribution in [2.75, 3.05) is 0 Å². The smallest absolute Gasteiger partial charge is 0.303 e. The lowest BCUT2D eigenvalue weighted by atomic mass is 10.4. The number of halogens is 2. The molecule has 0 unspecified atom stereocenters. The average molecular weight is 226 g/mol. The summed E-state index contributed by atoms with van der Waals surface area (Å²) in [4.78, 5) is 21.6. The average Bonchev–Trinajstić information content (AvgIpc) is 1.59. The van der Waals surface area contributed by atoms with Crippen molar-refractivity contribution in [3.8, 4) is 0 Å². The monoisotopic (exact) mass is 225 g/mol. The zero-order valence-corrected chi connectivity index (χ0v) is 8.38. The van der Waals surface area contributed by atoms with E-state index in [2.05, 4.69) is 0 Å². The summed E-state index contributed by atoms with van der Waals surface area (Å²) in [6.45, 7) is 3.81. The highest BCUT2D eigenvalue weighted by molar-refractivity contribution is 7.45. The summed E-state index contributed by atoms with van der Waals surface area (Å²) in [6, 6.07) is 0.216. The molecule has 0 saturated carbocycles. The van der Waals surface area contributed by atoms with Crippen LogP contribution in [0.2, 0.25) is 0 Å². The summed E-state index contributed by atoms with van der Waals surface area (Å²) in [5.74, 6) is 0. The summed E-state index contributed by atoms with van der Waals surface area (Å²) in [5.41, 5.74) is 0. The van der Waals surface area contributed by atoms with Crippen LogP contribution in [-0.4, -0.2) is 24.7 Å². The molecule has 0 atom stereocenters. The number of phosphoric acid groups is 1. The standard InChI is InChI=1S/C3H7Cl2N.H3O4P/c1-3(2)6(4)5;1-5(2,3)4/h3H,1-2H3;(H3,1,2,3,4). The molecule has 0 aliphatic heterocycles. The largest absolute Gasteiger partial charge is 0.466 e. The summed E-state index contributed by atoms with van der Waals surface area (Å²) in [5, 5.41) is 0. The van der Waals surface area contributed by atoms with Crippen molar-refractivity contribution < 1.29 is 19.2 Å². The molecule has 0 aromatic rings. The fourth-order valence-electron chi connectivity index (χ4n) is 0. The highest BCUT2D eigenvalue weighted by Crippen LogP contribution is 2.25. The predicted molar refractivity (Wildman–Crippen MR) is 42.9 cm³/mol. The molecule has 8 heteroatoms. The van der Waals surface area contributed by atoms with E-state index in [1.807, 2.05) is 13.8 Å². The zero-order chi connectivity index (χ0) is 9.65. The first-order valence-electron chi connectivity index (χ1n) is 2.53. The Kier molecular flexibility index (Phi) is 7.99. The Bertz CT molecular complexity index is 121. The van der Waals surface area contributed by atoms with Gasteiger partial charge in [0.05, 0.1) is 0 Å². The minimum atomic E-state index is -4.64. The van der Waals surface area contributed by atoms with Crippen LogP contribution in [0, 0.1) is 0 Å². The normalized spacial score (nSPS) is 11.4. The van der Waals surface area contributed by atoms with Gasteiger partial charge in [-0.1, -0.05) is 0 Å². The van der Waals surface area contributed by atoms with E-state index in [0.29, 0.717) is 0 Å². The van der Waals surface area contributed by atoms with Crippen LogP contribution in [0.15, 0.2) is 0 Å². The molecule has 0 radical (unpaired) electrons. The Labute approximate surface area is 75.0 Å². The second-order valence-electron chi connectivity index (χ2n) is 1.87. The lowest BCUT2D eigenvalue weighted by molar-refractivity contribution is 0.275. The summed E-state index contributed by atoms with van der Waals surface area (Å²) < 4.78 is 9.99. The van der Waals surface area contributed by atoms with Gasteiger partial charge >= 0.3 is 7.82 Å². The number of nitrogens with zero attached hydrogens (tertiary/aromatic N) is 1. The highest BCUT2D eigenvalue weighted by atomic mass is 35.5. The molecule has 0 aromatic carbocycles. The molecule has 5 nitrogen and oxygen atoms in total. The molecule has 0 fully saturated rings. The van der Waals surface area contributed by atoms with Gasteiger partial charge in [-0.15, -0.1) is 3.94 Å². The second-order valence-corrected chi connectivity index (χ2v) is 3.79. The Hall–Kier alpha value is 0.650. The summed E-state index contributed by atoms with van der Waals surface area (Å²) in [7, 11) is -4.64. The van der Waals surface area contributed by atoms with E-state index in [9.17, 15) is 0 Å². The minimum absolute atomic E-state index is 0.216. The molecule has 70 valence electrons. The molecule has 0 saturated heterocycles. The van der Waals surface area contributed by atoms with E-state index in [0.717, 1.165) is 3.94 Å². The van der Waals surface area contributed by atoms with Gasteiger partial charge < -0.3 is 14.7 Å². The first-order valence-corrected chi connectivity index (χ1v) is 4.77. The minimum Gasteiger partial charge on any atom is -0.303 e. The first kappa shape index (κ1) is 14.2. The molecule has 0 spiro atoms. The molecular weight excluding hydrogens is 216 g/mol. The Morgan fingerprint density at radius 2 is 1.36 bits per heavy atom. The fraction of sp³-hybridized carbons (Fsp3) is 1.00. The van der Waals surface area contributed by atoms with Crippen molar-refractivity contribution in [2.45, 2.75) is 19.9 Å². The Morgan fingerprint density at radius 3 is 1.36 bits per heavy atom. The van der Waals surface area contributed by atoms with Gasteiger partial charge in [0.15, 0.2) is 0 Å². The van der Waals surface area contributed by atoms with Gasteiger partial charge in [-0.25, -0.2) is 4.57 Å². The van der Waals surface area contributed by atoms with Crippen LogP contribution in [0.1, 0.15) is 13.8 Å². The quantitative estimate of drug-likeness (QED) is 0.460. The summed E-state index contributed by atoms with van der Waals surface area (Å²) >= 11 is 10.4. The van der Waals surface area contributed by atoms with E-state index in [-0.39, 0.29) is 6.04 Å². The van der Waals surface area contributed by atoms with Crippen molar-refractivity contribution >= 4 is 31.4 Å². The second kappa shape index (κ2) is 6.20. The third-order valence-corrected chi connectivity index (χ3v) is 1.17. The van der Waals surface area contributed by atoms with Gasteiger partial charge in [0.25, 0.3) is 0 Å². The van der Waals surface area contributed by atoms with Crippen molar-refractivity contribution in [2.24, 2.45) is 0 Å². The van der Waals surface area contributed by atoms with Crippen LogP contribution in [0.3, 0.4) is 0 Å². The van der Waals surface area contributed by atoms with Crippen LogP contribution >= 0.6 is 31.4 Å². The van der Waals surface area contributed by atoms with Gasteiger partial charge in [0, 0.05) is 6.04 Å². The van der Waals surface area contributed by atoms with Crippen molar-refractivity contribution in [3.05, 3.63) is 0 Å². The summed E-state index contributed by atoms with van der Waals surface area (Å²) in [6.07, 6.45) is 0. The lowest BCUT2D eigenvalue weighted by Crippen LogP contribution is -2.07. The van der Waals surface area contributed by atoms with Gasteiger partial charge in [0.1, 0.15) is 0 Å². The lowest BCUT2D eigenvalue weighted by Gasteiger charge is -2.04. The molecule has 0 aliphatic carbocycles. The van der Waals surface area contributed by atoms with Gasteiger partial charge in [-0.05, 0) is 37.4 Å². The molecule has 0 amide bonds. The molecule has 0 aliphatic rings. The van der Waals surface area contributed by atoms with Gasteiger partial charge in [0.2, 0.25) is 0 Å². The molecule has 11 heavy (non-hydrogen) atoms. The Morgan fingerprint density at radius 1 is 1.27 bits per heavy atom. The van der Waals surface area contributed by atoms with E-state index in [4.69, 9.17) is 42.8 Å². The third-order valence-electron chi connectivity index (χ3n) is 0.390. The maximum atomic E-state index is 8.88. The van der Waals surface area contributed by atoms with Crippen molar-refractivity contribution in [1.82, 2.24) is 3.94 Å². The Balaban J connectivity index is 0. The number of hydrogen-bond donors (Lipinski definition) is 3. The molecule has 0 heterocycles. The van der Waals surface area contributed by atoms with E-state index in [1.165, 1.54) is 0 Å². The van der Waals surface area contributed by atoms with Crippen LogP contribution in [0.4, 0.5) is 0 Å². The van der Waals surface area contributed by atoms with E-state index >= 15 is 0 Å². The third kappa shape index (κ3) is 36.9. The van der Waals surface area contributed by atoms with Gasteiger partial charge in [-0.3, -0.25) is 0 Å². The van der Waals surface area contributed by atoms with Crippen LogP contribution in [0.5, 0.6) is 0 Å². The maximum Gasteiger partial charge on any atom is 0.466 e. The SMILES string of the molecule is CC(C)N(Cl)Cl.O=P(O)(O)O. The van der Waals surface area contributed by atoms with Crippen LogP contribution in [0.25, 0.3) is 0 Å². The van der Waals surface area contributed by atoms with E-state index < -0.39 is 7.82 Å². The molecule has 0 rings (SSSR count). The van der Waals surface area contributed by atoms with Crippen molar-refractivity contribution in [1.29, 1.82) is 0 Å². The van der Waals surface area contributed by atoms with E-state index in [1.54, 1.807) is 0 Å². The van der Waals surface area contributed by atoms with Gasteiger partial charge in [-0.2, -0.15) is 0 Å². The van der Waals surface area contributed by atoms with Crippen molar-refractivity contribution in [3.63, 3.8) is 0 Å². The highest BCUT2D eigenvalue weighted by Gasteiger charge is 2.00. The molecular formula is C3H10Cl2NO4P. The first-order chi connectivity index (χ1) is 4.64. The fourth-order valence-corrected chi connectivity index (χ4v) is 0. The molecule has 0 bridgehead atoms. The molecule has 3 N–H and O–H groups in total. The van der Waals surface area contributed by atoms with Crippen LogP contribution < -0.4 is 0 Å². The number of rotatable bonds is 1. The topological polar surface area (TPSA) is 81.0 Å². The molecule has 0 aromatic heterocycles.